The van der Waals surface area contributed by atoms with Gasteiger partial charge in [0.05, 0.1) is 12.8 Å². The van der Waals surface area contributed by atoms with Gasteiger partial charge in [-0.1, -0.05) is 32.0 Å². The number of carbonyl (C=O) groups excluding carboxylic acids is 2. The number of benzene rings is 2. The van der Waals surface area contributed by atoms with Crippen molar-refractivity contribution in [2.75, 3.05) is 11.9 Å². The predicted molar refractivity (Wildman–Crippen MR) is 111 cm³/mol. The van der Waals surface area contributed by atoms with E-state index < -0.39 is 0 Å². The maximum atomic E-state index is 12.3. The van der Waals surface area contributed by atoms with Crippen molar-refractivity contribution >= 4 is 17.5 Å². The van der Waals surface area contributed by atoms with Crippen molar-refractivity contribution in [3.8, 4) is 5.75 Å². The summed E-state index contributed by atoms with van der Waals surface area (Å²) in [7, 11) is 0. The van der Waals surface area contributed by atoms with Crippen LogP contribution in [0.5, 0.6) is 5.75 Å². The summed E-state index contributed by atoms with van der Waals surface area (Å²) in [5.41, 5.74) is 2.18. The van der Waals surface area contributed by atoms with Gasteiger partial charge in [0.1, 0.15) is 11.5 Å². The number of nitrogens with one attached hydrogen (secondary N) is 2. The molecule has 2 aromatic carbocycles. The molecule has 1 aromatic heterocycles. The topological polar surface area (TPSA) is 80.6 Å². The molecule has 0 atom stereocenters. The van der Waals surface area contributed by atoms with Crippen molar-refractivity contribution in [1.82, 2.24) is 5.32 Å². The number of hydrogen-bond donors (Lipinski definition) is 2. The Kier molecular flexibility index (Phi) is 6.68. The lowest BCUT2D eigenvalue weighted by Gasteiger charge is -2.10. The van der Waals surface area contributed by atoms with E-state index in [0.29, 0.717) is 35.2 Å². The SMILES string of the molecule is CC(C)c1ccc(OCC(=O)Nc2cccc(C(=O)NCc3ccco3)c2)cc1. The minimum absolute atomic E-state index is 0.115. The van der Waals surface area contributed by atoms with Gasteiger partial charge >= 0.3 is 0 Å². The minimum Gasteiger partial charge on any atom is -0.484 e. The van der Waals surface area contributed by atoms with Crippen LogP contribution in [-0.4, -0.2) is 18.4 Å². The van der Waals surface area contributed by atoms with Crippen LogP contribution in [0, 0.1) is 0 Å². The molecule has 2 N–H and O–H groups in total. The van der Waals surface area contributed by atoms with E-state index in [2.05, 4.69) is 24.5 Å². The smallest absolute Gasteiger partial charge is 0.262 e. The second-order valence-electron chi connectivity index (χ2n) is 6.90. The third-order valence-electron chi connectivity index (χ3n) is 4.33. The molecular formula is C23H24N2O4. The number of carbonyl (C=O) groups is 2. The first kappa shape index (κ1) is 20.2. The molecule has 3 rings (SSSR count). The largest absolute Gasteiger partial charge is 0.484 e. The van der Waals surface area contributed by atoms with Crippen LogP contribution in [0.1, 0.15) is 41.4 Å². The second-order valence-corrected chi connectivity index (χ2v) is 6.90. The zero-order valence-corrected chi connectivity index (χ0v) is 16.5. The van der Waals surface area contributed by atoms with Gasteiger partial charge in [0.2, 0.25) is 0 Å². The van der Waals surface area contributed by atoms with E-state index in [1.807, 2.05) is 24.3 Å². The fourth-order valence-corrected chi connectivity index (χ4v) is 2.72. The molecular weight excluding hydrogens is 368 g/mol. The Balaban J connectivity index is 1.51. The average Bonchev–Trinajstić information content (AvgIpc) is 3.24. The Bertz CT molecular complexity index is 947. The van der Waals surface area contributed by atoms with Crippen LogP contribution < -0.4 is 15.4 Å². The van der Waals surface area contributed by atoms with Gasteiger partial charge in [0, 0.05) is 11.3 Å². The van der Waals surface area contributed by atoms with Gasteiger partial charge in [0.15, 0.2) is 6.61 Å². The molecule has 6 heteroatoms. The molecule has 6 nitrogen and oxygen atoms in total. The van der Waals surface area contributed by atoms with Gasteiger partial charge in [-0.2, -0.15) is 0 Å². The first-order valence-electron chi connectivity index (χ1n) is 9.44. The lowest BCUT2D eigenvalue weighted by atomic mass is 10.0. The fraction of sp³-hybridized carbons (Fsp3) is 0.217. The van der Waals surface area contributed by atoms with E-state index in [-0.39, 0.29) is 18.4 Å². The molecule has 0 spiro atoms. The number of ether oxygens (including phenoxy) is 1. The fourth-order valence-electron chi connectivity index (χ4n) is 2.72. The molecule has 0 radical (unpaired) electrons. The van der Waals surface area contributed by atoms with Gasteiger partial charge in [-0.25, -0.2) is 0 Å². The van der Waals surface area contributed by atoms with E-state index in [4.69, 9.17) is 9.15 Å². The van der Waals surface area contributed by atoms with Crippen LogP contribution in [0.25, 0.3) is 0 Å². The predicted octanol–water partition coefficient (Wildman–Crippen LogP) is 4.35. The van der Waals surface area contributed by atoms with Crippen LogP contribution in [0.15, 0.2) is 71.3 Å². The normalized spacial score (nSPS) is 10.6. The van der Waals surface area contributed by atoms with Gasteiger partial charge in [-0.3, -0.25) is 9.59 Å². The molecule has 2 amide bonds. The Labute approximate surface area is 169 Å². The monoisotopic (exact) mass is 392 g/mol. The summed E-state index contributed by atoms with van der Waals surface area (Å²) in [6.45, 7) is 4.42. The summed E-state index contributed by atoms with van der Waals surface area (Å²) in [6.07, 6.45) is 1.55. The highest BCUT2D eigenvalue weighted by atomic mass is 16.5. The number of amides is 2. The Morgan fingerprint density at radius 1 is 1.03 bits per heavy atom. The maximum Gasteiger partial charge on any atom is 0.262 e. The maximum absolute atomic E-state index is 12.3. The third kappa shape index (κ3) is 5.97. The highest BCUT2D eigenvalue weighted by molar-refractivity contribution is 5.97. The number of anilines is 1. The molecule has 0 fully saturated rings. The number of rotatable bonds is 8. The van der Waals surface area contributed by atoms with E-state index in [1.165, 1.54) is 5.56 Å². The van der Waals surface area contributed by atoms with Crippen LogP contribution in [-0.2, 0) is 11.3 Å². The van der Waals surface area contributed by atoms with Gasteiger partial charge in [0.25, 0.3) is 11.8 Å². The second kappa shape index (κ2) is 9.59. The summed E-state index contributed by atoms with van der Waals surface area (Å²) < 4.78 is 10.7. The number of furan rings is 1. The van der Waals surface area contributed by atoms with E-state index in [9.17, 15) is 9.59 Å². The van der Waals surface area contributed by atoms with E-state index in [1.54, 1.807) is 42.7 Å². The molecule has 0 bridgehead atoms. The quantitative estimate of drug-likeness (QED) is 0.597. The molecule has 3 aromatic rings. The Morgan fingerprint density at radius 2 is 1.83 bits per heavy atom. The number of hydrogen-bond acceptors (Lipinski definition) is 4. The van der Waals surface area contributed by atoms with Crippen LogP contribution in [0.2, 0.25) is 0 Å². The van der Waals surface area contributed by atoms with Crippen LogP contribution >= 0.6 is 0 Å². The Hall–Kier alpha value is -3.54. The zero-order valence-electron chi connectivity index (χ0n) is 16.5. The van der Waals surface area contributed by atoms with E-state index in [0.717, 1.165) is 0 Å². The van der Waals surface area contributed by atoms with Gasteiger partial charge < -0.3 is 19.8 Å². The third-order valence-corrected chi connectivity index (χ3v) is 4.33. The molecule has 0 aliphatic carbocycles. The summed E-state index contributed by atoms with van der Waals surface area (Å²) in [4.78, 5) is 24.4. The minimum atomic E-state index is -0.300. The lowest BCUT2D eigenvalue weighted by Crippen LogP contribution is -2.23. The molecule has 29 heavy (non-hydrogen) atoms. The van der Waals surface area contributed by atoms with Gasteiger partial charge in [-0.05, 0) is 53.9 Å². The van der Waals surface area contributed by atoms with Crippen molar-refractivity contribution in [2.45, 2.75) is 26.3 Å². The molecule has 0 saturated heterocycles. The molecule has 0 unspecified atom stereocenters. The molecule has 0 saturated carbocycles. The van der Waals surface area contributed by atoms with Crippen molar-refractivity contribution < 1.29 is 18.7 Å². The molecule has 0 aliphatic rings. The zero-order chi connectivity index (χ0) is 20.6. The van der Waals surface area contributed by atoms with E-state index >= 15 is 0 Å². The van der Waals surface area contributed by atoms with Crippen molar-refractivity contribution in [1.29, 1.82) is 0 Å². The highest BCUT2D eigenvalue weighted by Gasteiger charge is 2.09. The summed E-state index contributed by atoms with van der Waals surface area (Å²) in [5, 5.41) is 5.52. The van der Waals surface area contributed by atoms with Crippen molar-refractivity contribution in [3.63, 3.8) is 0 Å². The van der Waals surface area contributed by atoms with Crippen LogP contribution in [0.4, 0.5) is 5.69 Å². The average molecular weight is 392 g/mol. The first-order chi connectivity index (χ1) is 14.0. The Morgan fingerprint density at radius 3 is 2.52 bits per heavy atom. The first-order valence-corrected chi connectivity index (χ1v) is 9.44. The lowest BCUT2D eigenvalue weighted by molar-refractivity contribution is -0.118. The standard InChI is InChI=1S/C23H24N2O4/c1-16(2)17-8-10-20(11-9-17)29-15-22(26)25-19-6-3-5-18(13-19)23(27)24-14-21-7-4-12-28-21/h3-13,16H,14-15H2,1-2H3,(H,24,27)(H,25,26). The highest BCUT2D eigenvalue weighted by Crippen LogP contribution is 2.18. The summed E-state index contributed by atoms with van der Waals surface area (Å²) >= 11 is 0. The van der Waals surface area contributed by atoms with Crippen LogP contribution in [0.3, 0.4) is 0 Å². The van der Waals surface area contributed by atoms with Crippen molar-refractivity contribution in [2.24, 2.45) is 0 Å². The summed E-state index contributed by atoms with van der Waals surface area (Å²) in [5.74, 6) is 1.19. The summed E-state index contributed by atoms with van der Waals surface area (Å²) in [6, 6.07) is 18.0. The molecule has 150 valence electrons. The van der Waals surface area contributed by atoms with Crippen molar-refractivity contribution in [3.05, 3.63) is 83.8 Å². The molecule has 0 aliphatic heterocycles. The van der Waals surface area contributed by atoms with Gasteiger partial charge in [-0.15, -0.1) is 0 Å². The molecule has 1 heterocycles.